The van der Waals surface area contributed by atoms with E-state index in [-0.39, 0.29) is 29.7 Å². The number of piperidine rings is 1. The summed E-state index contributed by atoms with van der Waals surface area (Å²) in [6.45, 7) is 2.79. The molecule has 1 saturated carbocycles. The highest BCUT2D eigenvalue weighted by Crippen LogP contribution is 2.29. The summed E-state index contributed by atoms with van der Waals surface area (Å²) in [4.78, 5) is 42.1. The molecule has 168 valence electrons. The van der Waals surface area contributed by atoms with Gasteiger partial charge in [-0.2, -0.15) is 0 Å². The predicted octanol–water partition coefficient (Wildman–Crippen LogP) is 3.50. The van der Waals surface area contributed by atoms with Gasteiger partial charge in [0.1, 0.15) is 6.04 Å². The van der Waals surface area contributed by atoms with Crippen molar-refractivity contribution < 1.29 is 14.4 Å². The van der Waals surface area contributed by atoms with E-state index >= 15 is 0 Å². The maximum Gasteiger partial charge on any atom is 0.253 e. The number of nitrogens with zero attached hydrogens (tertiary/aromatic N) is 2. The van der Waals surface area contributed by atoms with Crippen LogP contribution < -0.4 is 5.32 Å². The Labute approximate surface area is 185 Å². The SMILES string of the molecule is O=C(NCc1ccc(C(=O)N2CCCCC2)cc1)C1CCCN1C(=O)C1CCCCC1. The van der Waals surface area contributed by atoms with Crippen molar-refractivity contribution in [2.45, 2.75) is 76.8 Å². The van der Waals surface area contributed by atoms with Crippen LogP contribution in [0.1, 0.15) is 80.1 Å². The van der Waals surface area contributed by atoms with Crippen LogP contribution in [-0.4, -0.2) is 53.2 Å². The quantitative estimate of drug-likeness (QED) is 0.785. The highest BCUT2D eigenvalue weighted by atomic mass is 16.2. The van der Waals surface area contributed by atoms with Crippen LogP contribution in [0.15, 0.2) is 24.3 Å². The number of benzene rings is 1. The van der Waals surface area contributed by atoms with Crippen molar-refractivity contribution in [3.05, 3.63) is 35.4 Å². The standard InChI is InChI=1S/C25H35N3O3/c29-23(22-10-7-17-28(22)25(31)20-8-3-1-4-9-20)26-18-19-11-13-21(14-12-19)24(30)27-15-5-2-6-16-27/h11-14,20,22H,1-10,15-18H2,(H,26,29). The molecule has 1 aromatic rings. The van der Waals surface area contributed by atoms with Crippen molar-refractivity contribution in [2.24, 2.45) is 5.92 Å². The molecule has 0 radical (unpaired) electrons. The normalized spacial score (nSPS) is 22.4. The Bertz CT molecular complexity index is 780. The molecule has 0 aromatic heterocycles. The zero-order valence-electron chi connectivity index (χ0n) is 18.5. The first-order chi connectivity index (χ1) is 15.1. The van der Waals surface area contributed by atoms with E-state index in [9.17, 15) is 14.4 Å². The molecule has 6 nitrogen and oxygen atoms in total. The molecule has 3 aliphatic rings. The van der Waals surface area contributed by atoms with Gasteiger partial charge in [-0.15, -0.1) is 0 Å². The molecule has 1 aromatic carbocycles. The number of hydrogen-bond acceptors (Lipinski definition) is 3. The smallest absolute Gasteiger partial charge is 0.253 e. The highest BCUT2D eigenvalue weighted by molar-refractivity contribution is 5.94. The third kappa shape index (κ3) is 5.28. The van der Waals surface area contributed by atoms with Crippen LogP contribution in [0.4, 0.5) is 0 Å². The first kappa shape index (κ1) is 21.8. The minimum atomic E-state index is -0.339. The van der Waals surface area contributed by atoms with E-state index in [0.717, 1.165) is 70.0 Å². The second-order valence-corrected chi connectivity index (χ2v) is 9.29. The summed E-state index contributed by atoms with van der Waals surface area (Å²) in [5, 5.41) is 3.01. The van der Waals surface area contributed by atoms with Crippen LogP contribution in [0, 0.1) is 5.92 Å². The molecule has 1 N–H and O–H groups in total. The third-order valence-corrected chi connectivity index (χ3v) is 7.10. The van der Waals surface area contributed by atoms with Gasteiger partial charge in [-0.05, 0) is 62.6 Å². The Morgan fingerprint density at radius 1 is 0.806 bits per heavy atom. The molecule has 0 spiro atoms. The lowest BCUT2D eigenvalue weighted by Crippen LogP contribution is -2.47. The molecule has 0 bridgehead atoms. The van der Waals surface area contributed by atoms with E-state index in [4.69, 9.17) is 0 Å². The monoisotopic (exact) mass is 425 g/mol. The zero-order chi connectivity index (χ0) is 21.6. The van der Waals surface area contributed by atoms with Gasteiger partial charge in [0, 0.05) is 37.7 Å². The van der Waals surface area contributed by atoms with Crippen LogP contribution >= 0.6 is 0 Å². The molecule has 3 amide bonds. The number of rotatable bonds is 5. The molecule has 2 saturated heterocycles. The van der Waals surface area contributed by atoms with E-state index in [2.05, 4.69) is 5.32 Å². The minimum absolute atomic E-state index is 0.0601. The van der Waals surface area contributed by atoms with Crippen molar-refractivity contribution >= 4 is 17.7 Å². The summed E-state index contributed by atoms with van der Waals surface area (Å²) >= 11 is 0. The Balaban J connectivity index is 1.29. The Morgan fingerprint density at radius 2 is 1.48 bits per heavy atom. The van der Waals surface area contributed by atoms with Gasteiger partial charge in [-0.3, -0.25) is 14.4 Å². The average Bonchev–Trinajstić information content (AvgIpc) is 3.33. The van der Waals surface area contributed by atoms with Gasteiger partial charge in [0.25, 0.3) is 5.91 Å². The fourth-order valence-electron chi connectivity index (χ4n) is 5.24. The second kappa shape index (κ2) is 10.3. The summed E-state index contributed by atoms with van der Waals surface area (Å²) in [5.74, 6) is 0.318. The number of likely N-dealkylation sites (tertiary alicyclic amines) is 2. The average molecular weight is 426 g/mol. The Kier molecular flexibility index (Phi) is 7.25. The molecule has 31 heavy (non-hydrogen) atoms. The Hall–Kier alpha value is -2.37. The van der Waals surface area contributed by atoms with E-state index in [1.54, 1.807) is 0 Å². The Morgan fingerprint density at radius 3 is 2.19 bits per heavy atom. The largest absolute Gasteiger partial charge is 0.350 e. The fraction of sp³-hybridized carbons (Fsp3) is 0.640. The molecule has 3 fully saturated rings. The topological polar surface area (TPSA) is 69.7 Å². The van der Waals surface area contributed by atoms with Gasteiger partial charge in [0.15, 0.2) is 0 Å². The van der Waals surface area contributed by atoms with Crippen molar-refractivity contribution in [1.82, 2.24) is 15.1 Å². The summed E-state index contributed by atoms with van der Waals surface area (Å²) in [5.41, 5.74) is 1.67. The van der Waals surface area contributed by atoms with Crippen molar-refractivity contribution in [2.75, 3.05) is 19.6 Å². The molecule has 1 aliphatic carbocycles. The zero-order valence-corrected chi connectivity index (χ0v) is 18.5. The maximum atomic E-state index is 12.9. The second-order valence-electron chi connectivity index (χ2n) is 9.29. The van der Waals surface area contributed by atoms with Crippen LogP contribution in [0.25, 0.3) is 0 Å². The van der Waals surface area contributed by atoms with Crippen LogP contribution in [0.2, 0.25) is 0 Å². The first-order valence-corrected chi connectivity index (χ1v) is 12.1. The minimum Gasteiger partial charge on any atom is -0.350 e. The van der Waals surface area contributed by atoms with E-state index in [0.29, 0.717) is 18.7 Å². The molecule has 6 heteroatoms. The number of hydrogen-bond donors (Lipinski definition) is 1. The van der Waals surface area contributed by atoms with E-state index in [1.165, 1.54) is 12.8 Å². The maximum absolute atomic E-state index is 12.9. The summed E-state index contributed by atoms with van der Waals surface area (Å²) in [7, 11) is 0. The van der Waals surface area contributed by atoms with Gasteiger partial charge >= 0.3 is 0 Å². The molecule has 1 unspecified atom stereocenters. The molecular formula is C25H35N3O3. The predicted molar refractivity (Wildman–Crippen MR) is 119 cm³/mol. The number of carbonyl (C=O) groups excluding carboxylic acids is 3. The van der Waals surface area contributed by atoms with Crippen molar-refractivity contribution in [3.63, 3.8) is 0 Å². The van der Waals surface area contributed by atoms with Crippen molar-refractivity contribution in [1.29, 1.82) is 0 Å². The number of carbonyl (C=O) groups is 3. The van der Waals surface area contributed by atoms with Gasteiger partial charge in [0.2, 0.25) is 11.8 Å². The van der Waals surface area contributed by atoms with Gasteiger partial charge in [0.05, 0.1) is 0 Å². The van der Waals surface area contributed by atoms with Crippen LogP contribution in [0.5, 0.6) is 0 Å². The van der Waals surface area contributed by atoms with Gasteiger partial charge in [-0.25, -0.2) is 0 Å². The molecule has 2 heterocycles. The van der Waals surface area contributed by atoms with E-state index in [1.807, 2.05) is 34.1 Å². The lowest BCUT2D eigenvalue weighted by atomic mass is 9.88. The summed E-state index contributed by atoms with van der Waals surface area (Å²) in [6, 6.07) is 7.20. The van der Waals surface area contributed by atoms with Gasteiger partial charge < -0.3 is 15.1 Å². The molecule has 2 aliphatic heterocycles. The van der Waals surface area contributed by atoms with Crippen LogP contribution in [0.3, 0.4) is 0 Å². The van der Waals surface area contributed by atoms with Gasteiger partial charge in [-0.1, -0.05) is 31.4 Å². The van der Waals surface area contributed by atoms with Crippen LogP contribution in [-0.2, 0) is 16.1 Å². The van der Waals surface area contributed by atoms with E-state index < -0.39 is 0 Å². The summed E-state index contributed by atoms with van der Waals surface area (Å²) < 4.78 is 0. The highest BCUT2D eigenvalue weighted by Gasteiger charge is 2.37. The lowest BCUT2D eigenvalue weighted by Gasteiger charge is -2.30. The number of nitrogens with one attached hydrogen (secondary N) is 1. The molecular weight excluding hydrogens is 390 g/mol. The lowest BCUT2D eigenvalue weighted by molar-refractivity contribution is -0.142. The molecule has 4 rings (SSSR count). The summed E-state index contributed by atoms with van der Waals surface area (Å²) in [6.07, 6.45) is 10.4. The number of amides is 3. The van der Waals surface area contributed by atoms with Crippen molar-refractivity contribution in [3.8, 4) is 0 Å². The third-order valence-electron chi connectivity index (χ3n) is 7.10. The fourth-order valence-corrected chi connectivity index (χ4v) is 5.24. The first-order valence-electron chi connectivity index (χ1n) is 12.1. The molecule has 1 atom stereocenters.